The van der Waals surface area contributed by atoms with Gasteiger partial charge in [-0.25, -0.2) is 4.79 Å². The first kappa shape index (κ1) is 16.7. The average molecular weight is 278 g/mol. The Morgan fingerprint density at radius 2 is 1.78 bits per heavy atom. The van der Waals surface area contributed by atoms with Gasteiger partial charge in [0, 0.05) is 12.2 Å². The zero-order valence-electron chi connectivity index (χ0n) is 10.3. The van der Waals surface area contributed by atoms with E-state index >= 15 is 0 Å². The van der Waals surface area contributed by atoms with Gasteiger partial charge >= 0.3 is 11.9 Å². The third kappa shape index (κ3) is 5.87. The Morgan fingerprint density at radius 3 is 2.22 bits per heavy atom. The summed E-state index contributed by atoms with van der Waals surface area (Å²) >= 11 is 3.93. The van der Waals surface area contributed by atoms with E-state index in [2.05, 4.69) is 27.4 Å². The fraction of sp³-hybridized carbons (Fsp3) is 0.700. The summed E-state index contributed by atoms with van der Waals surface area (Å²) in [7, 11) is 2.44. The Hall–Kier alpha value is -1.28. The van der Waals surface area contributed by atoms with Crippen LogP contribution in [0.15, 0.2) is 0 Å². The fourth-order valence-corrected chi connectivity index (χ4v) is 1.38. The Bertz CT molecular complexity index is 311. The van der Waals surface area contributed by atoms with Crippen molar-refractivity contribution in [3.63, 3.8) is 0 Å². The van der Waals surface area contributed by atoms with E-state index in [9.17, 15) is 14.4 Å². The lowest BCUT2D eigenvalue weighted by Crippen LogP contribution is -2.43. The molecule has 1 amide bonds. The van der Waals surface area contributed by atoms with Crippen LogP contribution in [0.4, 0.5) is 0 Å². The number of methoxy groups -OCH3 is 2. The number of nitrogens with one attached hydrogen (secondary N) is 1. The van der Waals surface area contributed by atoms with Crippen LogP contribution in [0.1, 0.15) is 12.8 Å². The summed E-state index contributed by atoms with van der Waals surface area (Å²) in [5, 5.41) is 2.43. The van der Waals surface area contributed by atoms with Gasteiger partial charge in [-0.15, -0.1) is 0 Å². The zero-order chi connectivity index (χ0) is 14.1. The fourth-order valence-electron chi connectivity index (χ4n) is 1.14. The maximum atomic E-state index is 11.5. The summed E-state index contributed by atoms with van der Waals surface area (Å²) in [5.74, 6) is -1.43. The maximum absolute atomic E-state index is 11.5. The van der Waals surface area contributed by atoms with Crippen LogP contribution in [-0.2, 0) is 23.9 Å². The van der Waals surface area contributed by atoms with Crippen molar-refractivity contribution in [2.75, 3.05) is 20.0 Å². The second kappa shape index (κ2) is 8.76. The van der Waals surface area contributed by atoms with E-state index < -0.39 is 29.9 Å². The van der Waals surface area contributed by atoms with E-state index in [1.807, 2.05) is 0 Å². The highest BCUT2D eigenvalue weighted by Gasteiger charge is 2.21. The highest BCUT2D eigenvalue weighted by atomic mass is 32.1. The van der Waals surface area contributed by atoms with Gasteiger partial charge < -0.3 is 20.5 Å². The maximum Gasteiger partial charge on any atom is 0.329 e. The van der Waals surface area contributed by atoms with Gasteiger partial charge in [-0.1, -0.05) is 0 Å². The first-order valence-corrected chi connectivity index (χ1v) is 5.91. The Morgan fingerprint density at radius 1 is 1.22 bits per heavy atom. The largest absolute Gasteiger partial charge is 0.468 e. The van der Waals surface area contributed by atoms with Crippen molar-refractivity contribution in [1.29, 1.82) is 0 Å². The standard InChI is InChI=1S/C10H18N2O5S/c1-16-9(14)6(11)3-4-8(13)12-7(5-18)10(15)17-2/h6-7,18H,3-5,11H2,1-2H3,(H,12,13)/t6-,7-/m0/s1. The number of rotatable bonds is 7. The minimum Gasteiger partial charge on any atom is -0.468 e. The number of nitrogens with two attached hydrogens (primary N) is 1. The minimum atomic E-state index is -0.853. The summed E-state index contributed by atoms with van der Waals surface area (Å²) < 4.78 is 8.90. The molecule has 0 aromatic heterocycles. The number of hydrogen-bond donors (Lipinski definition) is 3. The van der Waals surface area contributed by atoms with E-state index in [0.29, 0.717) is 0 Å². The molecule has 0 unspecified atom stereocenters. The Labute approximate surface area is 111 Å². The number of thiol groups is 1. The Kier molecular flexibility index (Phi) is 8.14. The summed E-state index contributed by atoms with van der Waals surface area (Å²) in [6.07, 6.45) is 0.149. The number of carbonyl (C=O) groups excluding carboxylic acids is 3. The second-order valence-electron chi connectivity index (χ2n) is 3.49. The second-order valence-corrected chi connectivity index (χ2v) is 3.86. The van der Waals surface area contributed by atoms with Crippen molar-refractivity contribution in [2.24, 2.45) is 5.73 Å². The lowest BCUT2D eigenvalue weighted by molar-refractivity contribution is -0.145. The van der Waals surface area contributed by atoms with Crippen molar-refractivity contribution in [1.82, 2.24) is 5.32 Å². The van der Waals surface area contributed by atoms with E-state index in [1.54, 1.807) is 0 Å². The van der Waals surface area contributed by atoms with Gasteiger partial charge in [0.25, 0.3) is 0 Å². The van der Waals surface area contributed by atoms with E-state index in [4.69, 9.17) is 5.73 Å². The zero-order valence-corrected chi connectivity index (χ0v) is 11.2. The molecule has 0 aliphatic heterocycles. The van der Waals surface area contributed by atoms with Gasteiger partial charge in [-0.2, -0.15) is 12.6 Å². The molecule has 0 spiro atoms. The van der Waals surface area contributed by atoms with Crippen LogP contribution in [-0.4, -0.2) is 49.9 Å². The van der Waals surface area contributed by atoms with E-state index in [1.165, 1.54) is 14.2 Å². The minimum absolute atomic E-state index is 0.0114. The Balaban J connectivity index is 4.10. The van der Waals surface area contributed by atoms with Gasteiger partial charge in [-0.3, -0.25) is 9.59 Å². The molecule has 0 fully saturated rings. The number of ether oxygens (including phenoxy) is 2. The van der Waals surface area contributed by atoms with Crippen LogP contribution < -0.4 is 11.1 Å². The molecule has 0 aliphatic carbocycles. The highest BCUT2D eigenvalue weighted by Crippen LogP contribution is 1.99. The molecular formula is C10H18N2O5S. The van der Waals surface area contributed by atoms with E-state index in [0.717, 1.165) is 0 Å². The molecule has 0 heterocycles. The van der Waals surface area contributed by atoms with Gasteiger partial charge in [0.1, 0.15) is 12.1 Å². The molecule has 0 saturated carbocycles. The molecule has 0 bridgehead atoms. The van der Waals surface area contributed by atoms with Gasteiger partial charge in [0.05, 0.1) is 14.2 Å². The predicted molar refractivity (Wildman–Crippen MR) is 67.0 cm³/mol. The number of esters is 2. The molecule has 7 nitrogen and oxygen atoms in total. The van der Waals surface area contributed by atoms with Crippen LogP contribution in [0.3, 0.4) is 0 Å². The monoisotopic (exact) mass is 278 g/mol. The molecule has 2 atom stereocenters. The van der Waals surface area contributed by atoms with Gasteiger partial charge in [-0.05, 0) is 6.42 Å². The molecular weight excluding hydrogens is 260 g/mol. The van der Waals surface area contributed by atoms with Crippen LogP contribution in [0.25, 0.3) is 0 Å². The predicted octanol–water partition coefficient (Wildman–Crippen LogP) is -1.15. The summed E-state index contributed by atoms with van der Waals surface area (Å²) in [6, 6.07) is -1.66. The molecule has 0 radical (unpaired) electrons. The lowest BCUT2D eigenvalue weighted by Gasteiger charge is -2.14. The molecule has 18 heavy (non-hydrogen) atoms. The molecule has 0 aromatic rings. The average Bonchev–Trinajstić information content (AvgIpc) is 2.39. The first-order chi connectivity index (χ1) is 8.46. The summed E-state index contributed by atoms with van der Waals surface area (Å²) in [4.78, 5) is 33.7. The summed E-state index contributed by atoms with van der Waals surface area (Å²) in [6.45, 7) is 0. The van der Waals surface area contributed by atoms with Crippen molar-refractivity contribution in [3.8, 4) is 0 Å². The third-order valence-electron chi connectivity index (χ3n) is 2.19. The van der Waals surface area contributed by atoms with Crippen LogP contribution in [0, 0.1) is 0 Å². The van der Waals surface area contributed by atoms with Crippen molar-refractivity contribution in [3.05, 3.63) is 0 Å². The van der Waals surface area contributed by atoms with Crippen molar-refractivity contribution in [2.45, 2.75) is 24.9 Å². The molecule has 0 aromatic carbocycles. The van der Waals surface area contributed by atoms with E-state index in [-0.39, 0.29) is 18.6 Å². The number of carbonyl (C=O) groups is 3. The number of amides is 1. The molecule has 8 heteroatoms. The normalized spacial score (nSPS) is 13.3. The van der Waals surface area contributed by atoms with Crippen molar-refractivity contribution < 1.29 is 23.9 Å². The molecule has 0 saturated heterocycles. The van der Waals surface area contributed by atoms with Crippen molar-refractivity contribution >= 4 is 30.5 Å². The van der Waals surface area contributed by atoms with Gasteiger partial charge in [0.2, 0.25) is 5.91 Å². The lowest BCUT2D eigenvalue weighted by atomic mass is 10.1. The van der Waals surface area contributed by atoms with Crippen LogP contribution >= 0.6 is 12.6 Å². The first-order valence-electron chi connectivity index (χ1n) is 5.27. The van der Waals surface area contributed by atoms with Crippen LogP contribution in [0.5, 0.6) is 0 Å². The summed E-state index contributed by atoms with van der Waals surface area (Å²) in [5.41, 5.74) is 5.46. The molecule has 104 valence electrons. The molecule has 0 aliphatic rings. The SMILES string of the molecule is COC(=O)[C@H](CS)NC(=O)CC[C@H](N)C(=O)OC. The van der Waals surface area contributed by atoms with Gasteiger partial charge in [0.15, 0.2) is 0 Å². The van der Waals surface area contributed by atoms with Crippen LogP contribution in [0.2, 0.25) is 0 Å². The quantitative estimate of drug-likeness (QED) is 0.401. The smallest absolute Gasteiger partial charge is 0.329 e. The molecule has 0 rings (SSSR count). The highest BCUT2D eigenvalue weighted by molar-refractivity contribution is 7.80. The molecule has 3 N–H and O–H groups in total. The number of hydrogen-bond acceptors (Lipinski definition) is 7. The third-order valence-corrected chi connectivity index (χ3v) is 2.55. The topological polar surface area (TPSA) is 108 Å².